The lowest BCUT2D eigenvalue weighted by Crippen LogP contribution is -2.41. The van der Waals surface area contributed by atoms with Gasteiger partial charge in [-0.05, 0) is 25.8 Å². The maximum Gasteiger partial charge on any atom is 0.0195 e. The Balaban J connectivity index is 1.74. The minimum Gasteiger partial charge on any atom is -0.313 e. The second-order valence-corrected chi connectivity index (χ2v) is 4.52. The molecule has 0 aromatic rings. The third-order valence-corrected chi connectivity index (χ3v) is 3.28. The Kier molecular flexibility index (Phi) is 4.02. The molecule has 2 rings (SSSR count). The lowest BCUT2D eigenvalue weighted by Gasteiger charge is -2.27. The Hall–Kier alpha value is -0.340. The summed E-state index contributed by atoms with van der Waals surface area (Å²) in [7, 11) is 0. The quantitative estimate of drug-likeness (QED) is 0.674. The molecule has 0 amide bonds. The number of hydrogen-bond donors (Lipinski definition) is 1. The summed E-state index contributed by atoms with van der Waals surface area (Å²) in [6.07, 6.45) is 11.4. The molecule has 2 aliphatic rings. The highest BCUT2D eigenvalue weighted by atomic mass is 15.1. The topological polar surface area (TPSA) is 15.3 Å². The lowest BCUT2D eigenvalue weighted by atomic mass is 10.1. The van der Waals surface area contributed by atoms with Crippen LogP contribution in [0.2, 0.25) is 0 Å². The second-order valence-electron chi connectivity index (χ2n) is 4.52. The van der Waals surface area contributed by atoms with E-state index in [-0.39, 0.29) is 0 Å². The van der Waals surface area contributed by atoms with Crippen LogP contribution in [0.25, 0.3) is 0 Å². The molecule has 1 atom stereocenters. The van der Waals surface area contributed by atoms with Crippen LogP contribution in [0, 0.1) is 0 Å². The van der Waals surface area contributed by atoms with E-state index < -0.39 is 0 Å². The maximum atomic E-state index is 3.66. The van der Waals surface area contributed by atoms with E-state index in [1.807, 2.05) is 0 Å². The van der Waals surface area contributed by atoms with Gasteiger partial charge in [-0.15, -0.1) is 0 Å². The summed E-state index contributed by atoms with van der Waals surface area (Å²) in [6.45, 7) is 4.91. The van der Waals surface area contributed by atoms with Crippen LogP contribution in [0.3, 0.4) is 0 Å². The van der Waals surface area contributed by atoms with Crippen molar-refractivity contribution in [2.45, 2.75) is 38.1 Å². The Labute approximate surface area is 87.4 Å². The first-order valence-corrected chi connectivity index (χ1v) is 6.06. The van der Waals surface area contributed by atoms with Crippen molar-refractivity contribution in [1.29, 1.82) is 0 Å². The van der Waals surface area contributed by atoms with Crippen molar-refractivity contribution in [3.63, 3.8) is 0 Å². The standard InChI is InChI=1S/C12H22N2/c1-3-7-12(13-8-4-1)11-14-9-5-2-6-10-14/h2,5,12-13H,1,3-4,6-11H2. The van der Waals surface area contributed by atoms with Crippen molar-refractivity contribution in [2.24, 2.45) is 0 Å². The third-order valence-electron chi connectivity index (χ3n) is 3.28. The molecule has 0 saturated carbocycles. The Morgan fingerprint density at radius 2 is 2.21 bits per heavy atom. The van der Waals surface area contributed by atoms with Gasteiger partial charge in [0.05, 0.1) is 0 Å². The van der Waals surface area contributed by atoms with Gasteiger partial charge in [-0.2, -0.15) is 0 Å². The van der Waals surface area contributed by atoms with Crippen molar-refractivity contribution in [3.05, 3.63) is 12.2 Å². The zero-order valence-corrected chi connectivity index (χ0v) is 9.04. The highest BCUT2D eigenvalue weighted by Crippen LogP contribution is 2.11. The normalized spacial score (nSPS) is 30.1. The van der Waals surface area contributed by atoms with Gasteiger partial charge in [0.25, 0.3) is 0 Å². The minimum absolute atomic E-state index is 0.754. The van der Waals surface area contributed by atoms with Gasteiger partial charge in [-0.25, -0.2) is 0 Å². The summed E-state index contributed by atoms with van der Waals surface area (Å²) in [5.74, 6) is 0. The SMILES string of the molecule is C1=CCN(CC2CCCCCN2)CC1. The highest BCUT2D eigenvalue weighted by Gasteiger charge is 2.15. The fourth-order valence-electron chi connectivity index (χ4n) is 2.42. The van der Waals surface area contributed by atoms with E-state index in [9.17, 15) is 0 Å². The Morgan fingerprint density at radius 1 is 1.21 bits per heavy atom. The average Bonchev–Trinajstić information content (AvgIpc) is 2.48. The monoisotopic (exact) mass is 194 g/mol. The van der Waals surface area contributed by atoms with E-state index in [0.29, 0.717) is 0 Å². The number of hydrogen-bond acceptors (Lipinski definition) is 2. The van der Waals surface area contributed by atoms with Crippen LogP contribution in [-0.2, 0) is 0 Å². The van der Waals surface area contributed by atoms with Crippen molar-refractivity contribution in [1.82, 2.24) is 10.2 Å². The fraction of sp³-hybridized carbons (Fsp3) is 0.833. The molecule has 80 valence electrons. The molecule has 0 spiro atoms. The molecule has 14 heavy (non-hydrogen) atoms. The lowest BCUT2D eigenvalue weighted by molar-refractivity contribution is 0.258. The van der Waals surface area contributed by atoms with Crippen LogP contribution in [0.15, 0.2) is 12.2 Å². The number of rotatable bonds is 2. The first-order valence-electron chi connectivity index (χ1n) is 6.06. The van der Waals surface area contributed by atoms with Gasteiger partial charge in [0.1, 0.15) is 0 Å². The predicted octanol–water partition coefficient (Wildman–Crippen LogP) is 1.78. The average molecular weight is 194 g/mol. The van der Waals surface area contributed by atoms with E-state index in [2.05, 4.69) is 22.4 Å². The zero-order chi connectivity index (χ0) is 9.64. The van der Waals surface area contributed by atoms with Crippen molar-refractivity contribution >= 4 is 0 Å². The molecule has 1 saturated heterocycles. The molecular weight excluding hydrogens is 172 g/mol. The number of nitrogens with zero attached hydrogens (tertiary/aromatic N) is 1. The molecule has 2 nitrogen and oxygen atoms in total. The molecule has 1 fully saturated rings. The number of nitrogens with one attached hydrogen (secondary N) is 1. The van der Waals surface area contributed by atoms with Gasteiger partial charge in [0.2, 0.25) is 0 Å². The van der Waals surface area contributed by atoms with Gasteiger partial charge in [-0.1, -0.05) is 25.0 Å². The van der Waals surface area contributed by atoms with Crippen LogP contribution >= 0.6 is 0 Å². The summed E-state index contributed by atoms with van der Waals surface area (Å²) in [5.41, 5.74) is 0. The highest BCUT2D eigenvalue weighted by molar-refractivity contribution is 4.92. The molecule has 1 unspecified atom stereocenters. The van der Waals surface area contributed by atoms with E-state index in [0.717, 1.165) is 12.6 Å². The molecule has 0 aromatic heterocycles. The van der Waals surface area contributed by atoms with Gasteiger partial charge in [-0.3, -0.25) is 4.90 Å². The molecule has 0 radical (unpaired) electrons. The van der Waals surface area contributed by atoms with E-state index >= 15 is 0 Å². The maximum absolute atomic E-state index is 3.66. The van der Waals surface area contributed by atoms with Gasteiger partial charge >= 0.3 is 0 Å². The van der Waals surface area contributed by atoms with Crippen LogP contribution in [0.5, 0.6) is 0 Å². The zero-order valence-electron chi connectivity index (χ0n) is 9.04. The molecule has 0 bridgehead atoms. The molecule has 0 aromatic carbocycles. The predicted molar refractivity (Wildman–Crippen MR) is 60.5 cm³/mol. The van der Waals surface area contributed by atoms with E-state index in [1.54, 1.807) is 0 Å². The molecule has 0 aliphatic carbocycles. The fourth-order valence-corrected chi connectivity index (χ4v) is 2.42. The Bertz CT molecular complexity index is 181. The first-order chi connectivity index (χ1) is 6.95. The summed E-state index contributed by atoms with van der Waals surface area (Å²) >= 11 is 0. The van der Waals surface area contributed by atoms with Crippen molar-refractivity contribution in [2.75, 3.05) is 26.2 Å². The van der Waals surface area contributed by atoms with Gasteiger partial charge < -0.3 is 5.32 Å². The molecule has 2 heteroatoms. The first kappa shape index (κ1) is 10.2. The van der Waals surface area contributed by atoms with Gasteiger partial charge in [0, 0.05) is 25.7 Å². The minimum atomic E-state index is 0.754. The smallest absolute Gasteiger partial charge is 0.0195 e. The summed E-state index contributed by atoms with van der Waals surface area (Å²) in [6, 6.07) is 0.754. The molecule has 2 aliphatic heterocycles. The van der Waals surface area contributed by atoms with Crippen LogP contribution in [-0.4, -0.2) is 37.1 Å². The Morgan fingerprint density at radius 3 is 3.07 bits per heavy atom. The van der Waals surface area contributed by atoms with E-state index in [1.165, 1.54) is 51.7 Å². The summed E-state index contributed by atoms with van der Waals surface area (Å²) < 4.78 is 0. The molecule has 1 N–H and O–H groups in total. The van der Waals surface area contributed by atoms with E-state index in [4.69, 9.17) is 0 Å². The molecule has 2 heterocycles. The van der Waals surface area contributed by atoms with Crippen molar-refractivity contribution < 1.29 is 0 Å². The summed E-state index contributed by atoms with van der Waals surface area (Å²) in [4.78, 5) is 2.57. The third kappa shape index (κ3) is 3.10. The summed E-state index contributed by atoms with van der Waals surface area (Å²) in [5, 5.41) is 3.66. The van der Waals surface area contributed by atoms with Crippen LogP contribution in [0.1, 0.15) is 32.1 Å². The van der Waals surface area contributed by atoms with Crippen molar-refractivity contribution in [3.8, 4) is 0 Å². The largest absolute Gasteiger partial charge is 0.313 e. The molecular formula is C12H22N2. The van der Waals surface area contributed by atoms with Gasteiger partial charge in [0.15, 0.2) is 0 Å². The second kappa shape index (κ2) is 5.52. The van der Waals surface area contributed by atoms with Crippen LogP contribution in [0.4, 0.5) is 0 Å². The van der Waals surface area contributed by atoms with Crippen LogP contribution < -0.4 is 5.32 Å².